The van der Waals surface area contributed by atoms with Crippen LogP contribution in [-0.4, -0.2) is 43.1 Å². The summed E-state index contributed by atoms with van der Waals surface area (Å²) in [6.07, 6.45) is -0.105. The minimum absolute atomic E-state index is 0.0120. The first-order valence-corrected chi connectivity index (χ1v) is 5.61. The van der Waals surface area contributed by atoms with Gasteiger partial charge in [-0.15, -0.1) is 0 Å². The van der Waals surface area contributed by atoms with E-state index in [9.17, 15) is 9.18 Å². The number of carbonyl (C=O) groups is 1. The van der Waals surface area contributed by atoms with Crippen LogP contribution in [0.15, 0.2) is 18.2 Å². The molecular weight excluding hydrogens is 223 g/mol. The average Bonchev–Trinajstić information content (AvgIpc) is 2.72. The number of amides is 1. The lowest BCUT2D eigenvalue weighted by molar-refractivity contribution is 0.0683. The van der Waals surface area contributed by atoms with Gasteiger partial charge in [-0.05, 0) is 12.1 Å². The van der Waals surface area contributed by atoms with Crippen molar-refractivity contribution in [1.29, 1.82) is 0 Å². The van der Waals surface area contributed by atoms with Gasteiger partial charge in [-0.2, -0.15) is 0 Å². The van der Waals surface area contributed by atoms with Crippen LogP contribution in [0.2, 0.25) is 0 Å². The second kappa shape index (κ2) is 3.70. The monoisotopic (exact) mass is 236 g/mol. The summed E-state index contributed by atoms with van der Waals surface area (Å²) in [6.45, 7) is 1.39. The zero-order chi connectivity index (χ0) is 12.0. The number of rotatable bonds is 0. The Hall–Kier alpha value is -1.62. The number of likely N-dealkylation sites (N-methyl/N-ethyl adjacent to an activating group) is 1. The highest BCUT2D eigenvalue weighted by atomic mass is 19.1. The standard InChI is InChI=1S/C12H13FN2O2/c1-15-9-5-14-6-11(9)17-10-4-7(13)2-3-8(10)12(15)16/h2-4,9,11,14H,5-6H2,1H3. The minimum Gasteiger partial charge on any atom is -0.486 e. The molecular formula is C12H13FN2O2. The molecule has 0 aromatic heterocycles. The maximum absolute atomic E-state index is 13.2. The number of benzene rings is 1. The van der Waals surface area contributed by atoms with Crippen molar-refractivity contribution in [1.82, 2.24) is 10.2 Å². The van der Waals surface area contributed by atoms with Gasteiger partial charge in [-0.3, -0.25) is 4.79 Å². The lowest BCUT2D eigenvalue weighted by atomic mass is 10.1. The Morgan fingerprint density at radius 2 is 2.29 bits per heavy atom. The highest BCUT2D eigenvalue weighted by molar-refractivity contribution is 5.97. The summed E-state index contributed by atoms with van der Waals surface area (Å²) in [5.41, 5.74) is 0.434. The zero-order valence-electron chi connectivity index (χ0n) is 9.44. The van der Waals surface area contributed by atoms with E-state index in [4.69, 9.17) is 4.74 Å². The molecule has 2 heterocycles. The van der Waals surface area contributed by atoms with Gasteiger partial charge in [0.15, 0.2) is 0 Å². The molecule has 5 heteroatoms. The molecule has 3 rings (SSSR count). The highest BCUT2D eigenvalue weighted by Gasteiger charge is 2.38. The van der Waals surface area contributed by atoms with E-state index in [1.165, 1.54) is 18.2 Å². The largest absolute Gasteiger partial charge is 0.486 e. The molecule has 1 aromatic carbocycles. The topological polar surface area (TPSA) is 41.6 Å². The Bertz CT molecular complexity index is 478. The van der Waals surface area contributed by atoms with E-state index in [1.807, 2.05) is 0 Å². The fraction of sp³-hybridized carbons (Fsp3) is 0.417. The van der Waals surface area contributed by atoms with Gasteiger partial charge in [0.25, 0.3) is 5.91 Å². The summed E-state index contributed by atoms with van der Waals surface area (Å²) in [5.74, 6) is -0.155. The van der Waals surface area contributed by atoms with E-state index < -0.39 is 0 Å². The maximum atomic E-state index is 13.2. The third-order valence-electron chi connectivity index (χ3n) is 3.40. The number of hydrogen-bond acceptors (Lipinski definition) is 3. The van der Waals surface area contributed by atoms with E-state index >= 15 is 0 Å². The Balaban J connectivity index is 2.08. The van der Waals surface area contributed by atoms with Gasteiger partial charge in [0.1, 0.15) is 17.7 Å². The van der Waals surface area contributed by atoms with Crippen molar-refractivity contribution in [2.45, 2.75) is 12.1 Å². The van der Waals surface area contributed by atoms with Gasteiger partial charge < -0.3 is 15.0 Å². The number of nitrogens with zero attached hydrogens (tertiary/aromatic N) is 1. The average molecular weight is 236 g/mol. The summed E-state index contributed by atoms with van der Waals surface area (Å²) in [7, 11) is 1.76. The number of hydrogen-bond donors (Lipinski definition) is 1. The molecule has 0 saturated carbocycles. The second-order valence-corrected chi connectivity index (χ2v) is 4.44. The molecule has 2 atom stereocenters. The molecule has 2 aliphatic rings. The van der Waals surface area contributed by atoms with Crippen LogP contribution >= 0.6 is 0 Å². The van der Waals surface area contributed by atoms with E-state index in [0.29, 0.717) is 24.4 Å². The molecule has 1 amide bonds. The van der Waals surface area contributed by atoms with Crippen LogP contribution in [-0.2, 0) is 0 Å². The Labute approximate surface area is 98.4 Å². The van der Waals surface area contributed by atoms with Crippen molar-refractivity contribution >= 4 is 5.91 Å². The molecule has 2 aliphatic heterocycles. The van der Waals surface area contributed by atoms with Crippen LogP contribution in [0.1, 0.15) is 10.4 Å². The fourth-order valence-corrected chi connectivity index (χ4v) is 2.42. The second-order valence-electron chi connectivity index (χ2n) is 4.44. The van der Waals surface area contributed by atoms with E-state index in [0.717, 1.165) is 0 Å². The number of fused-ring (bicyclic) bond motifs is 2. The van der Waals surface area contributed by atoms with Crippen molar-refractivity contribution in [3.05, 3.63) is 29.6 Å². The maximum Gasteiger partial charge on any atom is 0.257 e. The Kier molecular flexibility index (Phi) is 2.29. The van der Waals surface area contributed by atoms with Gasteiger partial charge >= 0.3 is 0 Å². The molecule has 90 valence electrons. The summed E-state index contributed by atoms with van der Waals surface area (Å²) >= 11 is 0. The lowest BCUT2D eigenvalue weighted by Gasteiger charge is -2.24. The summed E-state index contributed by atoms with van der Waals surface area (Å²) < 4.78 is 18.9. The Morgan fingerprint density at radius 1 is 1.47 bits per heavy atom. The molecule has 17 heavy (non-hydrogen) atoms. The summed E-state index contributed by atoms with van der Waals surface area (Å²) in [5, 5.41) is 3.18. The normalized spacial score (nSPS) is 27.2. The lowest BCUT2D eigenvalue weighted by Crippen LogP contribution is -2.44. The number of halogens is 1. The van der Waals surface area contributed by atoms with E-state index in [-0.39, 0.29) is 23.9 Å². The fourth-order valence-electron chi connectivity index (χ4n) is 2.42. The molecule has 1 N–H and O–H groups in total. The first kappa shape index (κ1) is 10.5. The first-order chi connectivity index (χ1) is 8.16. The molecule has 2 unspecified atom stereocenters. The highest BCUT2D eigenvalue weighted by Crippen LogP contribution is 2.29. The summed E-state index contributed by atoms with van der Waals surface area (Å²) in [6, 6.07) is 4.06. The quantitative estimate of drug-likeness (QED) is 0.718. The molecule has 0 bridgehead atoms. The van der Waals surface area contributed by atoms with Crippen molar-refractivity contribution in [2.24, 2.45) is 0 Å². The van der Waals surface area contributed by atoms with Gasteiger partial charge in [-0.1, -0.05) is 0 Å². The number of carbonyl (C=O) groups excluding carboxylic acids is 1. The molecule has 4 nitrogen and oxygen atoms in total. The zero-order valence-corrected chi connectivity index (χ0v) is 9.44. The minimum atomic E-state index is -0.386. The predicted octanol–water partition coefficient (Wildman–Crippen LogP) is 0.631. The van der Waals surface area contributed by atoms with Crippen LogP contribution in [0.5, 0.6) is 5.75 Å². The van der Waals surface area contributed by atoms with Crippen LogP contribution in [0.25, 0.3) is 0 Å². The van der Waals surface area contributed by atoms with Crippen LogP contribution in [0, 0.1) is 5.82 Å². The van der Waals surface area contributed by atoms with Crippen LogP contribution < -0.4 is 10.1 Å². The van der Waals surface area contributed by atoms with Crippen molar-refractivity contribution in [2.75, 3.05) is 20.1 Å². The number of ether oxygens (including phenoxy) is 1. The molecule has 1 saturated heterocycles. The molecule has 1 aromatic rings. The van der Waals surface area contributed by atoms with Crippen molar-refractivity contribution in [3.63, 3.8) is 0 Å². The van der Waals surface area contributed by atoms with Gasteiger partial charge in [0, 0.05) is 26.2 Å². The predicted molar refractivity (Wildman–Crippen MR) is 59.6 cm³/mol. The smallest absolute Gasteiger partial charge is 0.257 e. The molecule has 0 radical (unpaired) electrons. The molecule has 1 fully saturated rings. The van der Waals surface area contributed by atoms with E-state index in [2.05, 4.69) is 5.32 Å². The van der Waals surface area contributed by atoms with Gasteiger partial charge in [0.05, 0.1) is 11.6 Å². The van der Waals surface area contributed by atoms with Gasteiger partial charge in [-0.25, -0.2) is 4.39 Å². The van der Waals surface area contributed by atoms with Crippen LogP contribution in [0.3, 0.4) is 0 Å². The third-order valence-corrected chi connectivity index (χ3v) is 3.40. The van der Waals surface area contributed by atoms with Gasteiger partial charge in [0.2, 0.25) is 0 Å². The summed E-state index contributed by atoms with van der Waals surface area (Å²) in [4.78, 5) is 13.9. The van der Waals surface area contributed by atoms with Crippen LogP contribution in [0.4, 0.5) is 4.39 Å². The number of nitrogens with one attached hydrogen (secondary N) is 1. The molecule has 0 spiro atoms. The Morgan fingerprint density at radius 3 is 3.12 bits per heavy atom. The molecule has 0 aliphatic carbocycles. The van der Waals surface area contributed by atoms with Crippen molar-refractivity contribution < 1.29 is 13.9 Å². The van der Waals surface area contributed by atoms with Crippen molar-refractivity contribution in [3.8, 4) is 5.75 Å². The first-order valence-electron chi connectivity index (χ1n) is 5.61. The third kappa shape index (κ3) is 1.58. The SMILES string of the molecule is CN1C(=O)c2ccc(F)cc2OC2CNCC21. The van der Waals surface area contributed by atoms with E-state index in [1.54, 1.807) is 11.9 Å².